The molecule has 2 atom stereocenters. The van der Waals surface area contributed by atoms with Crippen molar-refractivity contribution in [2.24, 2.45) is 13.0 Å². The molecule has 3 N–H and O–H groups in total. The van der Waals surface area contributed by atoms with Crippen LogP contribution in [0.15, 0.2) is 6.33 Å². The topological polar surface area (TPSA) is 92.1 Å². The zero-order valence-electron chi connectivity index (χ0n) is 10.5. The Hall–Kier alpha value is -1.63. The van der Waals surface area contributed by atoms with Gasteiger partial charge in [-0.15, -0.1) is 0 Å². The number of aryl methyl sites for hydroxylation is 1. The molecular formula is C11H19N5O2. The number of rotatable bonds is 3. The van der Waals surface area contributed by atoms with E-state index in [4.69, 9.17) is 0 Å². The molecule has 1 aliphatic carbocycles. The molecule has 1 aromatic heterocycles. The zero-order valence-corrected chi connectivity index (χ0v) is 10.5. The van der Waals surface area contributed by atoms with E-state index in [0.29, 0.717) is 5.95 Å². The zero-order chi connectivity index (χ0) is 13.0. The predicted molar refractivity (Wildman–Crippen MR) is 66.0 cm³/mol. The number of nitrogens with zero attached hydrogens (tertiary/aromatic N) is 3. The van der Waals surface area contributed by atoms with Gasteiger partial charge in [-0.2, -0.15) is 10.1 Å². The van der Waals surface area contributed by atoms with Crippen LogP contribution in [0.2, 0.25) is 0 Å². The van der Waals surface area contributed by atoms with E-state index in [1.807, 2.05) is 0 Å². The number of hydrogen-bond acceptors (Lipinski definition) is 4. The molecule has 0 saturated heterocycles. The monoisotopic (exact) mass is 253 g/mol. The van der Waals surface area contributed by atoms with Crippen LogP contribution < -0.4 is 10.6 Å². The van der Waals surface area contributed by atoms with Crippen LogP contribution >= 0.6 is 0 Å². The molecule has 0 unspecified atom stereocenters. The van der Waals surface area contributed by atoms with Crippen molar-refractivity contribution < 1.29 is 9.90 Å². The second-order valence-electron chi connectivity index (χ2n) is 4.64. The van der Waals surface area contributed by atoms with Crippen molar-refractivity contribution in [3.63, 3.8) is 0 Å². The number of aliphatic hydroxyl groups is 1. The summed E-state index contributed by atoms with van der Waals surface area (Å²) in [4.78, 5) is 15.7. The summed E-state index contributed by atoms with van der Waals surface area (Å²) in [6, 6.07) is -0.256. The molecule has 1 aliphatic rings. The number of aliphatic hydroxyl groups excluding tert-OH is 1. The van der Waals surface area contributed by atoms with Gasteiger partial charge in [0.25, 0.3) is 0 Å². The molecule has 18 heavy (non-hydrogen) atoms. The molecule has 0 bridgehead atoms. The predicted octanol–water partition coefficient (Wildman–Crippen LogP) is 0.488. The van der Waals surface area contributed by atoms with Crippen molar-refractivity contribution >= 4 is 12.0 Å². The number of nitrogens with one attached hydrogen (secondary N) is 2. The minimum absolute atomic E-state index is 0.0389. The van der Waals surface area contributed by atoms with E-state index < -0.39 is 0 Å². The molecule has 1 fully saturated rings. The van der Waals surface area contributed by atoms with Crippen LogP contribution in [-0.4, -0.2) is 38.6 Å². The van der Waals surface area contributed by atoms with Gasteiger partial charge in [0.15, 0.2) is 0 Å². The molecule has 1 heterocycles. The van der Waals surface area contributed by atoms with Crippen molar-refractivity contribution in [1.29, 1.82) is 0 Å². The standard InChI is InChI=1S/C11H19N5O2/c1-16-10(12-7-13-16)15-11(18)14-9-5-3-2-4-8(9)6-17/h7-9,17H,2-6H2,1H3,(H2,12,13,14,15,18)/t8-,9-/m1/s1. The lowest BCUT2D eigenvalue weighted by Crippen LogP contribution is -2.45. The van der Waals surface area contributed by atoms with E-state index in [-0.39, 0.29) is 24.6 Å². The van der Waals surface area contributed by atoms with Gasteiger partial charge in [0.05, 0.1) is 0 Å². The van der Waals surface area contributed by atoms with Crippen molar-refractivity contribution in [2.45, 2.75) is 31.7 Å². The van der Waals surface area contributed by atoms with Gasteiger partial charge in [-0.05, 0) is 12.8 Å². The highest BCUT2D eigenvalue weighted by Crippen LogP contribution is 2.23. The number of anilines is 1. The molecule has 1 aromatic rings. The normalized spacial score (nSPS) is 23.7. The largest absolute Gasteiger partial charge is 0.396 e. The SMILES string of the molecule is Cn1ncnc1NC(=O)N[C@@H]1CCCC[C@@H]1CO. The fourth-order valence-corrected chi connectivity index (χ4v) is 2.33. The van der Waals surface area contributed by atoms with Crippen molar-refractivity contribution in [1.82, 2.24) is 20.1 Å². The first-order chi connectivity index (χ1) is 8.70. The Morgan fingerprint density at radius 3 is 3.00 bits per heavy atom. The van der Waals surface area contributed by atoms with Gasteiger partial charge in [0.1, 0.15) is 6.33 Å². The molecule has 2 rings (SSSR count). The Morgan fingerprint density at radius 1 is 1.56 bits per heavy atom. The molecule has 0 radical (unpaired) electrons. The maximum Gasteiger partial charge on any atom is 0.321 e. The third-order valence-corrected chi connectivity index (χ3v) is 3.40. The summed E-state index contributed by atoms with van der Waals surface area (Å²) in [5, 5.41) is 18.7. The fourth-order valence-electron chi connectivity index (χ4n) is 2.33. The van der Waals surface area contributed by atoms with Gasteiger partial charge in [0.2, 0.25) is 5.95 Å². The van der Waals surface area contributed by atoms with Crippen molar-refractivity contribution in [3.8, 4) is 0 Å². The Kier molecular flexibility index (Phi) is 4.14. The van der Waals surface area contributed by atoms with Crippen LogP contribution in [0.25, 0.3) is 0 Å². The molecule has 7 nitrogen and oxygen atoms in total. The summed E-state index contributed by atoms with van der Waals surface area (Å²) in [7, 11) is 1.71. The summed E-state index contributed by atoms with van der Waals surface area (Å²) >= 11 is 0. The average molecular weight is 253 g/mol. The van der Waals surface area contributed by atoms with Crippen LogP contribution in [0.3, 0.4) is 0 Å². The van der Waals surface area contributed by atoms with Crippen LogP contribution in [0, 0.1) is 5.92 Å². The van der Waals surface area contributed by atoms with Crippen LogP contribution in [0.5, 0.6) is 0 Å². The highest BCUT2D eigenvalue weighted by atomic mass is 16.3. The fraction of sp³-hybridized carbons (Fsp3) is 0.727. The number of carbonyl (C=O) groups excluding carboxylic acids is 1. The van der Waals surface area contributed by atoms with E-state index in [1.165, 1.54) is 11.0 Å². The van der Waals surface area contributed by atoms with E-state index in [9.17, 15) is 9.90 Å². The van der Waals surface area contributed by atoms with E-state index in [1.54, 1.807) is 7.05 Å². The Labute approximate surface area is 106 Å². The van der Waals surface area contributed by atoms with E-state index in [0.717, 1.165) is 25.7 Å². The van der Waals surface area contributed by atoms with Gasteiger partial charge < -0.3 is 10.4 Å². The molecule has 7 heteroatoms. The Balaban J connectivity index is 1.88. The highest BCUT2D eigenvalue weighted by molar-refractivity contribution is 5.87. The first-order valence-electron chi connectivity index (χ1n) is 6.23. The van der Waals surface area contributed by atoms with Gasteiger partial charge in [-0.3, -0.25) is 5.32 Å². The maximum absolute atomic E-state index is 11.8. The van der Waals surface area contributed by atoms with Crippen molar-refractivity contribution in [3.05, 3.63) is 6.33 Å². The highest BCUT2D eigenvalue weighted by Gasteiger charge is 2.26. The summed E-state index contributed by atoms with van der Waals surface area (Å²) in [6.07, 6.45) is 5.47. The lowest BCUT2D eigenvalue weighted by molar-refractivity contribution is 0.156. The van der Waals surface area contributed by atoms with Crippen molar-refractivity contribution in [2.75, 3.05) is 11.9 Å². The summed E-state index contributed by atoms with van der Waals surface area (Å²) < 4.78 is 1.49. The number of urea groups is 1. The average Bonchev–Trinajstić information content (AvgIpc) is 2.75. The first-order valence-corrected chi connectivity index (χ1v) is 6.23. The number of amides is 2. The molecule has 0 aromatic carbocycles. The van der Waals surface area contributed by atoms with Crippen LogP contribution in [0.1, 0.15) is 25.7 Å². The Bertz CT molecular complexity index is 406. The maximum atomic E-state index is 11.8. The number of hydrogen-bond donors (Lipinski definition) is 3. The van der Waals surface area contributed by atoms with Crippen LogP contribution in [0.4, 0.5) is 10.7 Å². The lowest BCUT2D eigenvalue weighted by atomic mass is 9.85. The van der Waals surface area contributed by atoms with Gasteiger partial charge >= 0.3 is 6.03 Å². The minimum atomic E-state index is -0.295. The lowest BCUT2D eigenvalue weighted by Gasteiger charge is -2.30. The summed E-state index contributed by atoms with van der Waals surface area (Å²) in [6.45, 7) is 0.120. The second kappa shape index (κ2) is 5.81. The van der Waals surface area contributed by atoms with Gasteiger partial charge in [-0.25, -0.2) is 9.48 Å². The number of aromatic nitrogens is 3. The molecule has 0 spiro atoms. The second-order valence-corrected chi connectivity index (χ2v) is 4.64. The van der Waals surface area contributed by atoms with Gasteiger partial charge in [0, 0.05) is 25.6 Å². The quantitative estimate of drug-likeness (QED) is 0.731. The third kappa shape index (κ3) is 2.98. The van der Waals surface area contributed by atoms with Gasteiger partial charge in [-0.1, -0.05) is 12.8 Å². The molecule has 1 saturated carbocycles. The summed E-state index contributed by atoms with van der Waals surface area (Å²) in [5.74, 6) is 0.563. The molecular weight excluding hydrogens is 234 g/mol. The van der Waals surface area contributed by atoms with Crippen LogP contribution in [-0.2, 0) is 7.05 Å². The molecule has 100 valence electrons. The minimum Gasteiger partial charge on any atom is -0.396 e. The number of carbonyl (C=O) groups is 1. The first kappa shape index (κ1) is 12.8. The summed E-state index contributed by atoms with van der Waals surface area (Å²) in [5.41, 5.74) is 0. The van der Waals surface area contributed by atoms with E-state index in [2.05, 4.69) is 20.7 Å². The smallest absolute Gasteiger partial charge is 0.321 e. The molecule has 0 aliphatic heterocycles. The van der Waals surface area contributed by atoms with E-state index >= 15 is 0 Å². The Morgan fingerprint density at radius 2 is 2.33 bits per heavy atom. The molecule has 2 amide bonds. The third-order valence-electron chi connectivity index (χ3n) is 3.40.